The highest BCUT2D eigenvalue weighted by Crippen LogP contribution is 2.28. The summed E-state index contributed by atoms with van der Waals surface area (Å²) >= 11 is 0. The van der Waals surface area contributed by atoms with E-state index in [1.165, 1.54) is 11.3 Å². The van der Waals surface area contributed by atoms with E-state index in [4.69, 9.17) is 9.97 Å². The summed E-state index contributed by atoms with van der Waals surface area (Å²) in [5, 5.41) is 11.1. The predicted octanol–water partition coefficient (Wildman–Crippen LogP) is 2.81. The molecule has 2 N–H and O–H groups in total. The van der Waals surface area contributed by atoms with Gasteiger partial charge in [0.05, 0.1) is 5.69 Å². The van der Waals surface area contributed by atoms with E-state index >= 15 is 0 Å². The van der Waals surface area contributed by atoms with Gasteiger partial charge in [-0.2, -0.15) is 5.10 Å². The first-order valence-electron chi connectivity index (χ1n) is 10.7. The number of likely N-dealkylation sites (N-methyl/N-ethyl adjacent to an activating group) is 1. The van der Waals surface area contributed by atoms with Crippen molar-refractivity contribution >= 4 is 29.6 Å². The largest absolute Gasteiger partial charge is 0.354 e. The minimum Gasteiger partial charge on any atom is -0.354 e. The number of hydrogen-bond acceptors (Lipinski definition) is 7. The van der Waals surface area contributed by atoms with Gasteiger partial charge < -0.3 is 15.1 Å². The van der Waals surface area contributed by atoms with Crippen LogP contribution in [-0.2, 0) is 13.1 Å². The molecule has 160 valence electrons. The molecule has 1 aromatic carbocycles. The molecule has 31 heavy (non-hydrogen) atoms. The van der Waals surface area contributed by atoms with Gasteiger partial charge in [-0.3, -0.25) is 10.00 Å². The van der Waals surface area contributed by atoms with Crippen molar-refractivity contribution in [3.05, 3.63) is 59.0 Å². The number of rotatable bonds is 5. The van der Waals surface area contributed by atoms with Crippen molar-refractivity contribution in [1.82, 2.24) is 30.0 Å². The maximum atomic E-state index is 4.84. The highest BCUT2D eigenvalue weighted by atomic mass is 15.3. The Labute approximate surface area is 182 Å². The number of benzene rings is 1. The third-order valence-corrected chi connectivity index (χ3v) is 5.84. The third-order valence-electron chi connectivity index (χ3n) is 5.84. The van der Waals surface area contributed by atoms with Gasteiger partial charge in [0, 0.05) is 50.9 Å². The van der Waals surface area contributed by atoms with Crippen LogP contribution in [0.5, 0.6) is 0 Å². The molecule has 2 aliphatic heterocycles. The summed E-state index contributed by atoms with van der Waals surface area (Å²) in [6, 6.07) is 12.3. The molecule has 1 fully saturated rings. The number of piperazine rings is 1. The molecule has 0 bridgehead atoms. The van der Waals surface area contributed by atoms with Crippen molar-refractivity contribution in [2.75, 3.05) is 50.5 Å². The van der Waals surface area contributed by atoms with Crippen LogP contribution < -0.4 is 10.2 Å². The van der Waals surface area contributed by atoms with E-state index in [-0.39, 0.29) is 0 Å². The van der Waals surface area contributed by atoms with Crippen molar-refractivity contribution in [2.24, 2.45) is 0 Å². The summed E-state index contributed by atoms with van der Waals surface area (Å²) in [4.78, 5) is 16.5. The highest BCUT2D eigenvalue weighted by molar-refractivity contribution is 5.69. The maximum absolute atomic E-state index is 4.84. The normalized spacial score (nSPS) is 17.4. The SMILES string of the molecule is CN1CCN(c2cc(Nc3n[nH]c4c3CN(C)C4)nc(/C=C/c3ccccc3)n2)CC1. The van der Waals surface area contributed by atoms with E-state index < -0.39 is 0 Å². The molecule has 0 unspecified atom stereocenters. The van der Waals surface area contributed by atoms with Crippen molar-refractivity contribution < 1.29 is 0 Å². The number of nitrogens with one attached hydrogen (secondary N) is 2. The molecular weight excluding hydrogens is 388 g/mol. The van der Waals surface area contributed by atoms with Gasteiger partial charge in [-0.15, -0.1) is 0 Å². The van der Waals surface area contributed by atoms with Gasteiger partial charge in [0.25, 0.3) is 0 Å². The number of anilines is 3. The minimum atomic E-state index is 0.687. The number of fused-ring (bicyclic) bond motifs is 1. The first kappa shape index (κ1) is 19.7. The molecule has 1 saturated heterocycles. The van der Waals surface area contributed by atoms with E-state index in [9.17, 15) is 0 Å². The van der Waals surface area contributed by atoms with E-state index in [0.717, 1.165) is 62.3 Å². The second kappa shape index (κ2) is 8.49. The van der Waals surface area contributed by atoms with Crippen molar-refractivity contribution in [3.8, 4) is 0 Å². The van der Waals surface area contributed by atoms with Crippen LogP contribution in [0.15, 0.2) is 36.4 Å². The van der Waals surface area contributed by atoms with Crippen molar-refractivity contribution in [3.63, 3.8) is 0 Å². The fourth-order valence-electron chi connectivity index (χ4n) is 4.05. The Morgan fingerprint density at radius 3 is 2.55 bits per heavy atom. The van der Waals surface area contributed by atoms with Crippen LogP contribution in [0.4, 0.5) is 17.5 Å². The minimum absolute atomic E-state index is 0.687. The van der Waals surface area contributed by atoms with E-state index in [1.807, 2.05) is 36.4 Å². The Morgan fingerprint density at radius 1 is 0.935 bits per heavy atom. The van der Waals surface area contributed by atoms with Gasteiger partial charge in [0.1, 0.15) is 11.6 Å². The lowest BCUT2D eigenvalue weighted by atomic mass is 10.2. The lowest BCUT2D eigenvalue weighted by Crippen LogP contribution is -2.44. The van der Waals surface area contributed by atoms with Crippen LogP contribution in [-0.4, -0.2) is 70.2 Å². The summed E-state index contributed by atoms with van der Waals surface area (Å²) in [6.45, 7) is 5.74. The fraction of sp³-hybridized carbons (Fsp3) is 0.348. The summed E-state index contributed by atoms with van der Waals surface area (Å²) in [5.74, 6) is 3.25. The van der Waals surface area contributed by atoms with E-state index in [2.05, 4.69) is 56.4 Å². The van der Waals surface area contributed by atoms with Gasteiger partial charge >= 0.3 is 0 Å². The van der Waals surface area contributed by atoms with Gasteiger partial charge in [-0.25, -0.2) is 9.97 Å². The zero-order valence-electron chi connectivity index (χ0n) is 18.0. The summed E-state index contributed by atoms with van der Waals surface area (Å²) in [7, 11) is 4.27. The van der Waals surface area contributed by atoms with Crippen LogP contribution in [0.3, 0.4) is 0 Å². The van der Waals surface area contributed by atoms with Crippen LogP contribution >= 0.6 is 0 Å². The second-order valence-electron chi connectivity index (χ2n) is 8.33. The molecule has 0 amide bonds. The highest BCUT2D eigenvalue weighted by Gasteiger charge is 2.23. The molecule has 2 aliphatic rings. The lowest BCUT2D eigenvalue weighted by Gasteiger charge is -2.33. The number of aromatic nitrogens is 4. The standard InChI is InChI=1S/C23H28N8/c1-29-10-12-31(13-11-29)22-14-21(26-23-18-15-30(2)16-19(18)27-28-23)24-20(25-22)9-8-17-6-4-3-5-7-17/h3-9,14H,10-13,15-16H2,1-2H3,(H2,24,25,26,27,28)/b9-8+. The number of H-pyrrole nitrogens is 1. The Morgan fingerprint density at radius 2 is 1.74 bits per heavy atom. The molecule has 5 rings (SSSR count). The molecule has 0 aliphatic carbocycles. The third kappa shape index (κ3) is 4.45. The molecule has 4 heterocycles. The molecular formula is C23H28N8. The summed E-state index contributed by atoms with van der Waals surface area (Å²) < 4.78 is 0. The molecule has 0 radical (unpaired) electrons. The smallest absolute Gasteiger partial charge is 0.158 e. The molecule has 3 aromatic rings. The van der Waals surface area contributed by atoms with Crippen molar-refractivity contribution in [2.45, 2.75) is 13.1 Å². The number of hydrogen-bond donors (Lipinski definition) is 2. The van der Waals surface area contributed by atoms with Gasteiger partial charge in [0.15, 0.2) is 11.6 Å². The Kier molecular flexibility index (Phi) is 5.40. The van der Waals surface area contributed by atoms with Crippen LogP contribution in [0.25, 0.3) is 12.2 Å². The molecule has 0 atom stereocenters. The lowest BCUT2D eigenvalue weighted by molar-refractivity contribution is 0.312. The Bertz CT molecular complexity index is 1070. The molecule has 8 heteroatoms. The van der Waals surface area contributed by atoms with Crippen LogP contribution in [0.2, 0.25) is 0 Å². The van der Waals surface area contributed by atoms with E-state index in [1.54, 1.807) is 0 Å². The van der Waals surface area contributed by atoms with Crippen molar-refractivity contribution in [1.29, 1.82) is 0 Å². The first-order valence-corrected chi connectivity index (χ1v) is 10.7. The monoisotopic (exact) mass is 416 g/mol. The number of aromatic amines is 1. The maximum Gasteiger partial charge on any atom is 0.158 e. The second-order valence-corrected chi connectivity index (χ2v) is 8.33. The summed E-state index contributed by atoms with van der Waals surface area (Å²) in [5.41, 5.74) is 3.50. The van der Waals surface area contributed by atoms with E-state index in [0.29, 0.717) is 5.82 Å². The van der Waals surface area contributed by atoms with Crippen LogP contribution in [0.1, 0.15) is 22.6 Å². The van der Waals surface area contributed by atoms with Crippen LogP contribution in [0, 0.1) is 0 Å². The Hall–Kier alpha value is -3.23. The fourth-order valence-corrected chi connectivity index (χ4v) is 4.05. The topological polar surface area (TPSA) is 76.2 Å². The zero-order valence-corrected chi connectivity index (χ0v) is 18.0. The van der Waals surface area contributed by atoms with Gasteiger partial charge in [-0.1, -0.05) is 36.4 Å². The predicted molar refractivity (Wildman–Crippen MR) is 124 cm³/mol. The Balaban J connectivity index is 1.45. The van der Waals surface area contributed by atoms with Gasteiger partial charge in [0.2, 0.25) is 0 Å². The molecule has 0 spiro atoms. The first-order chi connectivity index (χ1) is 15.1. The molecule has 2 aromatic heterocycles. The zero-order chi connectivity index (χ0) is 21.2. The summed E-state index contributed by atoms with van der Waals surface area (Å²) in [6.07, 6.45) is 4.02. The average molecular weight is 417 g/mol. The van der Waals surface area contributed by atoms with Gasteiger partial charge in [-0.05, 0) is 25.7 Å². The molecule has 8 nitrogen and oxygen atoms in total. The number of nitrogens with zero attached hydrogens (tertiary/aromatic N) is 6. The quantitative estimate of drug-likeness (QED) is 0.662. The average Bonchev–Trinajstić information content (AvgIpc) is 3.33. The molecule has 0 saturated carbocycles.